The Labute approximate surface area is 128 Å². The zero-order chi connectivity index (χ0) is 15.6. The molecule has 0 spiro atoms. The second-order valence-electron chi connectivity index (χ2n) is 5.79. The van der Waals surface area contributed by atoms with E-state index in [1.165, 1.54) is 0 Å². The van der Waals surface area contributed by atoms with Crippen LogP contribution >= 0.6 is 11.6 Å². The summed E-state index contributed by atoms with van der Waals surface area (Å²) in [5, 5.41) is 3.97. The summed E-state index contributed by atoms with van der Waals surface area (Å²) in [6.45, 7) is 0. The van der Waals surface area contributed by atoms with Crippen molar-refractivity contribution in [3.63, 3.8) is 0 Å². The Hall–Kier alpha value is -1.10. The van der Waals surface area contributed by atoms with E-state index in [1.54, 1.807) is 0 Å². The molecule has 0 saturated heterocycles. The van der Waals surface area contributed by atoms with Gasteiger partial charge >= 0.3 is 6.18 Å². The van der Waals surface area contributed by atoms with Crippen LogP contribution in [0.3, 0.4) is 0 Å². The number of rotatable bonds is 3. The first-order valence-corrected chi connectivity index (χ1v) is 7.45. The van der Waals surface area contributed by atoms with Crippen molar-refractivity contribution in [2.75, 3.05) is 24.3 Å². The molecule has 2 rings (SSSR count). The van der Waals surface area contributed by atoms with Crippen LogP contribution in [0.15, 0.2) is 18.2 Å². The maximum absolute atomic E-state index is 12.7. The highest BCUT2D eigenvalue weighted by molar-refractivity contribution is 6.31. The fourth-order valence-electron chi connectivity index (χ4n) is 2.80. The number of hydrogen-bond donors (Lipinski definition) is 1. The Kier molecular flexibility index (Phi) is 4.91. The number of anilines is 2. The lowest BCUT2D eigenvalue weighted by molar-refractivity contribution is -0.182. The highest BCUT2D eigenvalue weighted by Gasteiger charge is 2.41. The van der Waals surface area contributed by atoms with E-state index in [2.05, 4.69) is 5.32 Å². The SMILES string of the molecule is CN(C)c1ccc(Cl)cc1NC1CCC(C(F)(F)F)CC1. The Morgan fingerprint density at radius 3 is 2.29 bits per heavy atom. The number of nitrogens with one attached hydrogen (secondary N) is 1. The summed E-state index contributed by atoms with van der Waals surface area (Å²) in [5.74, 6) is -1.15. The third-order valence-corrected chi connectivity index (χ3v) is 4.23. The maximum atomic E-state index is 12.7. The van der Waals surface area contributed by atoms with E-state index in [9.17, 15) is 13.2 Å². The number of hydrogen-bond acceptors (Lipinski definition) is 2. The van der Waals surface area contributed by atoms with Gasteiger partial charge in [0, 0.05) is 25.2 Å². The van der Waals surface area contributed by atoms with Gasteiger partial charge in [0.1, 0.15) is 0 Å². The molecule has 1 aromatic rings. The van der Waals surface area contributed by atoms with Crippen molar-refractivity contribution >= 4 is 23.0 Å². The molecule has 1 aliphatic rings. The van der Waals surface area contributed by atoms with Crippen molar-refractivity contribution in [1.82, 2.24) is 0 Å². The number of halogens is 4. The largest absolute Gasteiger partial charge is 0.391 e. The third kappa shape index (κ3) is 4.19. The standard InChI is InChI=1S/C15H20ClF3N2/c1-21(2)14-8-5-11(16)9-13(14)20-12-6-3-10(4-7-12)15(17,18)19/h5,8-10,12,20H,3-4,6-7H2,1-2H3. The minimum Gasteiger partial charge on any atom is -0.381 e. The molecular formula is C15H20ClF3N2. The smallest absolute Gasteiger partial charge is 0.381 e. The molecule has 1 N–H and O–H groups in total. The first-order valence-electron chi connectivity index (χ1n) is 7.07. The van der Waals surface area contributed by atoms with Crippen molar-refractivity contribution < 1.29 is 13.2 Å². The van der Waals surface area contributed by atoms with E-state index < -0.39 is 12.1 Å². The molecule has 0 aromatic heterocycles. The molecule has 1 aliphatic carbocycles. The van der Waals surface area contributed by atoms with Crippen molar-refractivity contribution in [3.8, 4) is 0 Å². The van der Waals surface area contributed by atoms with Gasteiger partial charge < -0.3 is 10.2 Å². The first kappa shape index (κ1) is 16.3. The Bertz CT molecular complexity index is 480. The molecule has 0 amide bonds. The van der Waals surface area contributed by atoms with E-state index in [4.69, 9.17) is 11.6 Å². The van der Waals surface area contributed by atoms with Crippen LogP contribution in [0.5, 0.6) is 0 Å². The molecule has 2 nitrogen and oxygen atoms in total. The number of benzene rings is 1. The summed E-state index contributed by atoms with van der Waals surface area (Å²) < 4.78 is 38.0. The van der Waals surface area contributed by atoms with Gasteiger partial charge in [-0.05, 0) is 43.9 Å². The van der Waals surface area contributed by atoms with Crippen LogP contribution in [0.4, 0.5) is 24.5 Å². The summed E-state index contributed by atoms with van der Waals surface area (Å²) in [5.41, 5.74) is 1.86. The molecule has 0 bridgehead atoms. The van der Waals surface area contributed by atoms with Crippen molar-refractivity contribution in [3.05, 3.63) is 23.2 Å². The molecule has 0 heterocycles. The van der Waals surface area contributed by atoms with Gasteiger partial charge in [-0.25, -0.2) is 0 Å². The molecule has 0 unspecified atom stereocenters. The van der Waals surface area contributed by atoms with Crippen LogP contribution in [0.25, 0.3) is 0 Å². The van der Waals surface area contributed by atoms with Crippen molar-refractivity contribution in [2.24, 2.45) is 5.92 Å². The van der Waals surface area contributed by atoms with E-state index in [0.717, 1.165) is 11.4 Å². The molecule has 118 valence electrons. The topological polar surface area (TPSA) is 15.3 Å². The van der Waals surface area contributed by atoms with Crippen LogP contribution in [-0.4, -0.2) is 26.3 Å². The van der Waals surface area contributed by atoms with E-state index in [-0.39, 0.29) is 18.9 Å². The van der Waals surface area contributed by atoms with Gasteiger partial charge in [0.05, 0.1) is 17.3 Å². The predicted octanol–water partition coefficient (Wildman–Crippen LogP) is 4.94. The van der Waals surface area contributed by atoms with Crippen molar-refractivity contribution in [2.45, 2.75) is 37.9 Å². The normalized spacial score (nSPS) is 23.0. The fourth-order valence-corrected chi connectivity index (χ4v) is 2.97. The average molecular weight is 321 g/mol. The predicted molar refractivity (Wildman–Crippen MR) is 81.2 cm³/mol. The summed E-state index contributed by atoms with van der Waals surface area (Å²) in [7, 11) is 3.85. The minimum atomic E-state index is -4.06. The average Bonchev–Trinajstić information content (AvgIpc) is 2.38. The minimum absolute atomic E-state index is 0.0702. The van der Waals surface area contributed by atoms with Crippen molar-refractivity contribution in [1.29, 1.82) is 0 Å². The molecule has 6 heteroatoms. The lowest BCUT2D eigenvalue weighted by Gasteiger charge is -2.32. The molecule has 1 saturated carbocycles. The number of nitrogens with zero attached hydrogens (tertiary/aromatic N) is 1. The molecule has 0 atom stereocenters. The van der Waals surface area contributed by atoms with E-state index in [0.29, 0.717) is 17.9 Å². The molecule has 1 aromatic carbocycles. The molecule has 0 aliphatic heterocycles. The highest BCUT2D eigenvalue weighted by Crippen LogP contribution is 2.39. The second kappa shape index (κ2) is 6.34. The lowest BCUT2D eigenvalue weighted by atomic mass is 9.85. The molecule has 21 heavy (non-hydrogen) atoms. The van der Waals surface area contributed by atoms with Crippen LogP contribution in [0.1, 0.15) is 25.7 Å². The van der Waals surface area contributed by atoms with Gasteiger partial charge in [-0.2, -0.15) is 13.2 Å². The summed E-state index contributed by atoms with van der Waals surface area (Å²) in [4.78, 5) is 1.96. The van der Waals surface area contributed by atoms with Gasteiger partial charge in [-0.15, -0.1) is 0 Å². The van der Waals surface area contributed by atoms with Gasteiger partial charge in [0.25, 0.3) is 0 Å². The molecular weight excluding hydrogens is 301 g/mol. The van der Waals surface area contributed by atoms with E-state index in [1.807, 2.05) is 37.2 Å². The quantitative estimate of drug-likeness (QED) is 0.848. The van der Waals surface area contributed by atoms with Gasteiger partial charge in [-0.1, -0.05) is 11.6 Å². The van der Waals surface area contributed by atoms with Crippen LogP contribution in [0.2, 0.25) is 5.02 Å². The first-order chi connectivity index (χ1) is 9.77. The lowest BCUT2D eigenvalue weighted by Crippen LogP contribution is -2.33. The van der Waals surface area contributed by atoms with Gasteiger partial charge in [0.2, 0.25) is 0 Å². The second-order valence-corrected chi connectivity index (χ2v) is 6.23. The summed E-state index contributed by atoms with van der Waals surface area (Å²) in [6, 6.07) is 5.61. The Morgan fingerprint density at radius 2 is 1.76 bits per heavy atom. The van der Waals surface area contributed by atoms with E-state index >= 15 is 0 Å². The van der Waals surface area contributed by atoms with Gasteiger partial charge in [-0.3, -0.25) is 0 Å². The third-order valence-electron chi connectivity index (χ3n) is 3.99. The summed E-state index contributed by atoms with van der Waals surface area (Å²) in [6.07, 6.45) is -2.61. The van der Waals surface area contributed by atoms with Crippen LogP contribution in [0, 0.1) is 5.92 Å². The highest BCUT2D eigenvalue weighted by atomic mass is 35.5. The zero-order valence-electron chi connectivity index (χ0n) is 12.2. The summed E-state index contributed by atoms with van der Waals surface area (Å²) >= 11 is 6.01. The van der Waals surface area contributed by atoms with Crippen LogP contribution < -0.4 is 10.2 Å². The zero-order valence-corrected chi connectivity index (χ0v) is 12.9. The Morgan fingerprint density at radius 1 is 1.14 bits per heavy atom. The van der Waals surface area contributed by atoms with Gasteiger partial charge in [0.15, 0.2) is 0 Å². The Balaban J connectivity index is 2.02. The fraction of sp³-hybridized carbons (Fsp3) is 0.600. The maximum Gasteiger partial charge on any atom is 0.391 e. The van der Waals surface area contributed by atoms with Crippen LogP contribution in [-0.2, 0) is 0 Å². The monoisotopic (exact) mass is 320 g/mol. The molecule has 0 radical (unpaired) electrons. The number of alkyl halides is 3. The molecule has 1 fully saturated rings.